The lowest BCUT2D eigenvalue weighted by Crippen LogP contribution is -2.44. The molecular weight excluding hydrogens is 142 g/mol. The van der Waals surface area contributed by atoms with Crippen molar-refractivity contribution in [2.24, 2.45) is 10.7 Å². The second-order valence-corrected chi connectivity index (χ2v) is 2.71. The highest BCUT2D eigenvalue weighted by Crippen LogP contribution is 2.10. The Morgan fingerprint density at radius 3 is 2.91 bits per heavy atom. The molecule has 0 unspecified atom stereocenters. The molecule has 4 heteroatoms. The van der Waals surface area contributed by atoms with E-state index in [9.17, 15) is 4.79 Å². The fraction of sp³-hybridized carbons (Fsp3) is 0.714. The number of hydrogen-bond donors (Lipinski definition) is 1. The Bertz CT molecular complexity index is 200. The summed E-state index contributed by atoms with van der Waals surface area (Å²) in [5.41, 5.74) is 5.49. The number of amides is 1. The van der Waals surface area contributed by atoms with Crippen molar-refractivity contribution in [1.82, 2.24) is 4.90 Å². The molecule has 1 heterocycles. The number of aliphatic imine (C=N–C) groups is 1. The summed E-state index contributed by atoms with van der Waals surface area (Å²) in [5.74, 6) is 0.400. The van der Waals surface area contributed by atoms with Gasteiger partial charge in [0.05, 0.1) is 6.04 Å². The van der Waals surface area contributed by atoms with Crippen molar-refractivity contribution in [2.75, 3.05) is 7.05 Å². The molecule has 11 heavy (non-hydrogen) atoms. The van der Waals surface area contributed by atoms with E-state index in [-0.39, 0.29) is 11.9 Å². The highest BCUT2D eigenvalue weighted by Gasteiger charge is 2.22. The standard InChI is InChI=1S/C7H13N3O/c1-3-5-4-6(11)10(2)7(8)9-5/h5H,3-4H2,1-2H3,(H2,8,9)/t5-/m0/s1. The maximum atomic E-state index is 11.1. The van der Waals surface area contributed by atoms with Gasteiger partial charge in [-0.25, -0.2) is 4.99 Å². The second-order valence-electron chi connectivity index (χ2n) is 2.71. The summed E-state index contributed by atoms with van der Waals surface area (Å²) in [7, 11) is 1.65. The van der Waals surface area contributed by atoms with Crippen molar-refractivity contribution in [3.8, 4) is 0 Å². The van der Waals surface area contributed by atoms with Crippen LogP contribution in [0.1, 0.15) is 19.8 Å². The molecule has 0 fully saturated rings. The number of rotatable bonds is 1. The Morgan fingerprint density at radius 1 is 1.82 bits per heavy atom. The Labute approximate surface area is 66.1 Å². The van der Waals surface area contributed by atoms with Crippen molar-refractivity contribution < 1.29 is 4.79 Å². The van der Waals surface area contributed by atoms with Gasteiger partial charge in [0.2, 0.25) is 5.91 Å². The number of carbonyl (C=O) groups is 1. The molecule has 0 aliphatic carbocycles. The predicted molar refractivity (Wildman–Crippen MR) is 43.1 cm³/mol. The monoisotopic (exact) mass is 155 g/mol. The third kappa shape index (κ3) is 1.50. The largest absolute Gasteiger partial charge is 0.369 e. The summed E-state index contributed by atoms with van der Waals surface area (Å²) < 4.78 is 0. The SMILES string of the molecule is CC[C@H]1CC(=O)N(C)C(N)=N1. The van der Waals surface area contributed by atoms with E-state index in [4.69, 9.17) is 5.73 Å². The van der Waals surface area contributed by atoms with Crippen LogP contribution >= 0.6 is 0 Å². The molecule has 0 aromatic carbocycles. The minimum absolute atomic E-state index is 0.0596. The molecular formula is C7H13N3O. The van der Waals surface area contributed by atoms with Crippen LogP contribution in [0.5, 0.6) is 0 Å². The number of nitrogens with zero attached hydrogens (tertiary/aromatic N) is 2. The van der Waals surface area contributed by atoms with Crippen molar-refractivity contribution in [3.63, 3.8) is 0 Å². The topological polar surface area (TPSA) is 58.7 Å². The smallest absolute Gasteiger partial charge is 0.231 e. The van der Waals surface area contributed by atoms with Gasteiger partial charge < -0.3 is 5.73 Å². The molecule has 1 amide bonds. The van der Waals surface area contributed by atoms with Gasteiger partial charge in [0.1, 0.15) is 0 Å². The van der Waals surface area contributed by atoms with Gasteiger partial charge in [0, 0.05) is 13.5 Å². The predicted octanol–water partition coefficient (Wildman–Crippen LogP) is -0.0582. The molecule has 1 rings (SSSR count). The first-order chi connectivity index (χ1) is 5.15. The lowest BCUT2D eigenvalue weighted by Gasteiger charge is -2.24. The molecule has 0 aromatic heterocycles. The Balaban J connectivity index is 2.76. The fourth-order valence-electron chi connectivity index (χ4n) is 1.02. The third-order valence-corrected chi connectivity index (χ3v) is 1.91. The molecule has 62 valence electrons. The minimum Gasteiger partial charge on any atom is -0.369 e. The Hall–Kier alpha value is -1.06. The van der Waals surface area contributed by atoms with Crippen LogP contribution in [0, 0.1) is 0 Å². The van der Waals surface area contributed by atoms with Crippen LogP contribution in [0.4, 0.5) is 0 Å². The van der Waals surface area contributed by atoms with E-state index >= 15 is 0 Å². The van der Waals surface area contributed by atoms with Crippen LogP contribution in [-0.2, 0) is 4.79 Å². The average molecular weight is 155 g/mol. The van der Waals surface area contributed by atoms with Gasteiger partial charge in [0.15, 0.2) is 5.96 Å². The van der Waals surface area contributed by atoms with Crippen molar-refractivity contribution in [3.05, 3.63) is 0 Å². The van der Waals surface area contributed by atoms with Crippen molar-refractivity contribution in [2.45, 2.75) is 25.8 Å². The molecule has 1 atom stereocenters. The summed E-state index contributed by atoms with van der Waals surface area (Å²) in [5, 5.41) is 0. The average Bonchev–Trinajstić information content (AvgIpc) is 1.99. The van der Waals surface area contributed by atoms with E-state index < -0.39 is 0 Å². The van der Waals surface area contributed by atoms with E-state index in [1.165, 1.54) is 4.90 Å². The molecule has 0 radical (unpaired) electrons. The quantitative estimate of drug-likeness (QED) is 0.576. The lowest BCUT2D eigenvalue weighted by molar-refractivity contribution is -0.127. The van der Waals surface area contributed by atoms with Crippen LogP contribution < -0.4 is 5.73 Å². The van der Waals surface area contributed by atoms with E-state index in [1.807, 2.05) is 6.92 Å². The molecule has 0 spiro atoms. The van der Waals surface area contributed by atoms with Crippen molar-refractivity contribution in [1.29, 1.82) is 0 Å². The van der Waals surface area contributed by atoms with Gasteiger partial charge in [-0.15, -0.1) is 0 Å². The van der Waals surface area contributed by atoms with Crippen LogP contribution in [0.2, 0.25) is 0 Å². The second kappa shape index (κ2) is 2.90. The molecule has 0 saturated heterocycles. The van der Waals surface area contributed by atoms with Crippen LogP contribution in [-0.4, -0.2) is 29.9 Å². The van der Waals surface area contributed by atoms with Gasteiger partial charge in [-0.2, -0.15) is 0 Å². The van der Waals surface area contributed by atoms with E-state index in [0.717, 1.165) is 6.42 Å². The lowest BCUT2D eigenvalue weighted by atomic mass is 10.1. The summed E-state index contributed by atoms with van der Waals surface area (Å²) in [6.45, 7) is 2.00. The molecule has 2 N–H and O–H groups in total. The van der Waals surface area contributed by atoms with E-state index in [2.05, 4.69) is 4.99 Å². The maximum Gasteiger partial charge on any atom is 0.231 e. The molecule has 0 saturated carbocycles. The first kappa shape index (κ1) is 8.04. The highest BCUT2D eigenvalue weighted by atomic mass is 16.2. The zero-order chi connectivity index (χ0) is 8.43. The molecule has 4 nitrogen and oxygen atoms in total. The van der Waals surface area contributed by atoms with Crippen LogP contribution in [0.15, 0.2) is 4.99 Å². The van der Waals surface area contributed by atoms with Crippen LogP contribution in [0.25, 0.3) is 0 Å². The molecule has 1 aliphatic rings. The molecule has 1 aliphatic heterocycles. The Morgan fingerprint density at radius 2 is 2.45 bits per heavy atom. The summed E-state index contributed by atoms with van der Waals surface area (Å²) in [4.78, 5) is 16.7. The number of hydrogen-bond acceptors (Lipinski definition) is 3. The highest BCUT2D eigenvalue weighted by molar-refractivity contribution is 5.98. The van der Waals surface area contributed by atoms with E-state index in [0.29, 0.717) is 12.4 Å². The number of guanidine groups is 1. The van der Waals surface area contributed by atoms with Gasteiger partial charge in [-0.3, -0.25) is 9.69 Å². The van der Waals surface area contributed by atoms with Crippen molar-refractivity contribution >= 4 is 11.9 Å². The zero-order valence-corrected chi connectivity index (χ0v) is 6.87. The van der Waals surface area contributed by atoms with Gasteiger partial charge in [-0.1, -0.05) is 6.92 Å². The molecule has 0 bridgehead atoms. The Kier molecular flexibility index (Phi) is 2.12. The number of nitrogens with two attached hydrogens (primary N) is 1. The minimum atomic E-state index is 0.0596. The van der Waals surface area contributed by atoms with Crippen LogP contribution in [0.3, 0.4) is 0 Å². The fourth-order valence-corrected chi connectivity index (χ4v) is 1.02. The van der Waals surface area contributed by atoms with Gasteiger partial charge >= 0.3 is 0 Å². The summed E-state index contributed by atoms with van der Waals surface area (Å²) in [6.07, 6.45) is 1.37. The normalized spacial score (nSPS) is 25.3. The van der Waals surface area contributed by atoms with E-state index in [1.54, 1.807) is 7.05 Å². The first-order valence-corrected chi connectivity index (χ1v) is 3.75. The van der Waals surface area contributed by atoms with Gasteiger partial charge in [-0.05, 0) is 6.42 Å². The maximum absolute atomic E-state index is 11.1. The first-order valence-electron chi connectivity index (χ1n) is 3.75. The van der Waals surface area contributed by atoms with Gasteiger partial charge in [0.25, 0.3) is 0 Å². The zero-order valence-electron chi connectivity index (χ0n) is 6.87. The summed E-state index contributed by atoms with van der Waals surface area (Å²) in [6, 6.07) is 0.0960. The number of carbonyl (C=O) groups excluding carboxylic acids is 1. The summed E-state index contributed by atoms with van der Waals surface area (Å²) >= 11 is 0. The third-order valence-electron chi connectivity index (χ3n) is 1.91. The molecule has 0 aromatic rings.